The largest absolute Gasteiger partial charge is 0.455 e. The summed E-state index contributed by atoms with van der Waals surface area (Å²) in [7, 11) is 0. The van der Waals surface area contributed by atoms with Crippen LogP contribution < -0.4 is 0 Å². The van der Waals surface area contributed by atoms with Crippen LogP contribution in [0.2, 0.25) is 0 Å². The molecule has 0 spiro atoms. The molecule has 10 rings (SSSR count). The summed E-state index contributed by atoms with van der Waals surface area (Å²) >= 11 is 1.87. The Morgan fingerprint density at radius 3 is 1.85 bits per heavy atom. The van der Waals surface area contributed by atoms with Gasteiger partial charge in [-0.25, -0.2) is 0 Å². The predicted octanol–water partition coefficient (Wildman–Crippen LogP) is 13.0. The van der Waals surface area contributed by atoms with Crippen molar-refractivity contribution in [3.05, 3.63) is 158 Å². The minimum atomic E-state index is 0.911. The highest BCUT2D eigenvalue weighted by molar-refractivity contribution is 7.99. The average Bonchev–Trinajstić information content (AvgIpc) is 3.52. The standard InChI is InChI=1S/C44H26OS/c1-2-14-31-27(10-1)22-24-37-43-35(19-9-20-39(43)45-44(31)37)34-17-6-5-16-33(34)32-15-4-3-13-30(32)29-23-25-40-38(26-29)36-18-7-11-28-12-8-21-41(46-40)42(28)36/h1-26H. The Morgan fingerprint density at radius 2 is 1.00 bits per heavy atom. The smallest absolute Gasteiger partial charge is 0.143 e. The van der Waals surface area contributed by atoms with E-state index in [9.17, 15) is 0 Å². The summed E-state index contributed by atoms with van der Waals surface area (Å²) in [5, 5.41) is 7.28. The lowest BCUT2D eigenvalue weighted by Crippen LogP contribution is -1.94. The average molecular weight is 603 g/mol. The second kappa shape index (κ2) is 9.97. The fraction of sp³-hybridized carbons (Fsp3) is 0. The minimum absolute atomic E-state index is 0.911. The van der Waals surface area contributed by atoms with Crippen LogP contribution in [0.4, 0.5) is 0 Å². The summed E-state index contributed by atoms with van der Waals surface area (Å²) in [6.45, 7) is 0. The molecule has 9 aromatic rings. The topological polar surface area (TPSA) is 13.1 Å². The molecule has 8 aromatic carbocycles. The molecule has 1 aliphatic rings. The summed E-state index contributed by atoms with van der Waals surface area (Å²) in [5.41, 5.74) is 11.7. The van der Waals surface area contributed by atoms with Crippen LogP contribution in [-0.4, -0.2) is 0 Å². The predicted molar refractivity (Wildman–Crippen MR) is 195 cm³/mol. The van der Waals surface area contributed by atoms with E-state index in [1.807, 2.05) is 11.8 Å². The van der Waals surface area contributed by atoms with E-state index in [4.69, 9.17) is 4.42 Å². The van der Waals surface area contributed by atoms with Gasteiger partial charge >= 0.3 is 0 Å². The highest BCUT2D eigenvalue weighted by Gasteiger charge is 2.21. The van der Waals surface area contributed by atoms with Crippen LogP contribution in [0.25, 0.3) is 88.0 Å². The fourth-order valence-corrected chi connectivity index (χ4v) is 8.56. The molecule has 0 aliphatic carbocycles. The van der Waals surface area contributed by atoms with Crippen molar-refractivity contribution >= 4 is 55.2 Å². The lowest BCUT2D eigenvalue weighted by Gasteiger charge is -2.22. The third-order valence-corrected chi connectivity index (χ3v) is 10.6. The Kier molecular flexibility index (Phi) is 5.58. The molecule has 0 atom stereocenters. The van der Waals surface area contributed by atoms with E-state index in [-0.39, 0.29) is 0 Å². The first kappa shape index (κ1) is 25.7. The van der Waals surface area contributed by atoms with Crippen molar-refractivity contribution in [2.24, 2.45) is 0 Å². The third-order valence-electron chi connectivity index (χ3n) is 9.49. The number of fused-ring (bicyclic) bond motifs is 7. The number of rotatable bonds is 3. The zero-order chi connectivity index (χ0) is 30.2. The molecule has 2 heteroatoms. The van der Waals surface area contributed by atoms with E-state index in [2.05, 4.69) is 158 Å². The van der Waals surface area contributed by atoms with Crippen LogP contribution in [0.3, 0.4) is 0 Å². The van der Waals surface area contributed by atoms with Gasteiger partial charge in [0.05, 0.1) is 0 Å². The highest BCUT2D eigenvalue weighted by Crippen LogP contribution is 2.50. The zero-order valence-corrected chi connectivity index (χ0v) is 25.6. The van der Waals surface area contributed by atoms with Crippen molar-refractivity contribution in [1.29, 1.82) is 0 Å². The number of hydrogen-bond donors (Lipinski definition) is 0. The molecule has 0 unspecified atom stereocenters. The second-order valence-electron chi connectivity index (χ2n) is 12.0. The summed E-state index contributed by atoms with van der Waals surface area (Å²) in [5.74, 6) is 0. The van der Waals surface area contributed by atoms with Crippen molar-refractivity contribution in [2.75, 3.05) is 0 Å². The molecule has 1 nitrogen and oxygen atoms in total. The quantitative estimate of drug-likeness (QED) is 0.200. The summed E-state index contributed by atoms with van der Waals surface area (Å²) in [6.07, 6.45) is 0. The van der Waals surface area contributed by atoms with Gasteiger partial charge in [-0.1, -0.05) is 139 Å². The van der Waals surface area contributed by atoms with Gasteiger partial charge in [-0.05, 0) is 85.6 Å². The zero-order valence-electron chi connectivity index (χ0n) is 24.8. The first-order valence-corrected chi connectivity index (χ1v) is 16.5. The van der Waals surface area contributed by atoms with E-state index in [1.165, 1.54) is 70.5 Å². The second-order valence-corrected chi connectivity index (χ2v) is 13.1. The molecule has 1 aliphatic heterocycles. The van der Waals surface area contributed by atoms with Gasteiger partial charge in [0.2, 0.25) is 0 Å². The van der Waals surface area contributed by atoms with Gasteiger partial charge in [-0.3, -0.25) is 0 Å². The number of hydrogen-bond acceptors (Lipinski definition) is 2. The van der Waals surface area contributed by atoms with Crippen LogP contribution in [-0.2, 0) is 0 Å². The van der Waals surface area contributed by atoms with Gasteiger partial charge < -0.3 is 4.42 Å². The third kappa shape index (κ3) is 3.77. The molecule has 0 amide bonds. The van der Waals surface area contributed by atoms with E-state index in [1.54, 1.807) is 0 Å². The number of furan rings is 1. The molecule has 0 bridgehead atoms. The van der Waals surface area contributed by atoms with E-state index in [0.29, 0.717) is 0 Å². The van der Waals surface area contributed by atoms with Crippen molar-refractivity contribution in [1.82, 2.24) is 0 Å². The van der Waals surface area contributed by atoms with Crippen molar-refractivity contribution in [3.63, 3.8) is 0 Å². The Morgan fingerprint density at radius 1 is 0.370 bits per heavy atom. The Bertz CT molecular complexity index is 2670. The summed E-state index contributed by atoms with van der Waals surface area (Å²) in [4.78, 5) is 2.63. The van der Waals surface area contributed by atoms with Crippen LogP contribution in [0.1, 0.15) is 0 Å². The molecule has 0 saturated heterocycles. The van der Waals surface area contributed by atoms with Gasteiger partial charge in [0.1, 0.15) is 11.2 Å². The lowest BCUT2D eigenvalue weighted by atomic mass is 9.87. The molecule has 0 radical (unpaired) electrons. The van der Waals surface area contributed by atoms with E-state index >= 15 is 0 Å². The van der Waals surface area contributed by atoms with Gasteiger partial charge in [-0.2, -0.15) is 0 Å². The van der Waals surface area contributed by atoms with Crippen LogP contribution in [0.15, 0.2) is 172 Å². The van der Waals surface area contributed by atoms with Gasteiger partial charge in [0.25, 0.3) is 0 Å². The molecule has 214 valence electrons. The molecule has 0 fully saturated rings. The van der Waals surface area contributed by atoms with Crippen LogP contribution in [0, 0.1) is 0 Å². The summed E-state index contributed by atoms with van der Waals surface area (Å²) < 4.78 is 6.57. The molecule has 0 N–H and O–H groups in total. The van der Waals surface area contributed by atoms with E-state index in [0.717, 1.165) is 27.3 Å². The van der Waals surface area contributed by atoms with Gasteiger partial charge in [0.15, 0.2) is 0 Å². The molecular formula is C44H26OS. The minimum Gasteiger partial charge on any atom is -0.455 e. The lowest BCUT2D eigenvalue weighted by molar-refractivity contribution is 0.673. The fourth-order valence-electron chi connectivity index (χ4n) is 7.43. The maximum Gasteiger partial charge on any atom is 0.143 e. The van der Waals surface area contributed by atoms with Gasteiger partial charge in [0, 0.05) is 31.3 Å². The molecular weight excluding hydrogens is 577 g/mol. The maximum absolute atomic E-state index is 6.57. The normalized spacial score (nSPS) is 12.3. The first-order chi connectivity index (χ1) is 22.8. The Hall–Kier alpha value is -5.57. The molecule has 0 saturated carbocycles. The van der Waals surface area contributed by atoms with Crippen LogP contribution >= 0.6 is 11.8 Å². The summed E-state index contributed by atoms with van der Waals surface area (Å²) in [6, 6.07) is 57.2. The first-order valence-electron chi connectivity index (χ1n) is 15.7. The monoisotopic (exact) mass is 602 g/mol. The molecule has 2 heterocycles. The van der Waals surface area contributed by atoms with Crippen molar-refractivity contribution < 1.29 is 4.42 Å². The highest BCUT2D eigenvalue weighted by atomic mass is 32.2. The van der Waals surface area contributed by atoms with Crippen molar-refractivity contribution in [2.45, 2.75) is 9.79 Å². The van der Waals surface area contributed by atoms with E-state index < -0.39 is 0 Å². The van der Waals surface area contributed by atoms with Crippen LogP contribution in [0.5, 0.6) is 0 Å². The van der Waals surface area contributed by atoms with Gasteiger partial charge in [-0.15, -0.1) is 0 Å². The molecule has 1 aromatic heterocycles. The maximum atomic E-state index is 6.57. The SMILES string of the molecule is c1ccc(-c2ccccc2-c2cccc3oc4c5ccccc5ccc4c23)c(-c2ccc3c(c2)-c2cccc4cccc(c24)S3)c1. The van der Waals surface area contributed by atoms with Crippen molar-refractivity contribution in [3.8, 4) is 44.5 Å². The molecule has 46 heavy (non-hydrogen) atoms. The Labute approximate surface area is 270 Å². The Balaban J connectivity index is 1.17. The number of benzene rings is 8.